The van der Waals surface area contributed by atoms with E-state index >= 15 is 0 Å². The average molecular weight is 1840 g/mol. The molecule has 8 aliphatic heterocycles. The summed E-state index contributed by atoms with van der Waals surface area (Å²) >= 11 is 0. The summed E-state index contributed by atoms with van der Waals surface area (Å²) in [6, 6.07) is 29.1. The van der Waals surface area contributed by atoms with Gasteiger partial charge in [-0.1, -0.05) is 24.3 Å². The third-order valence-electron chi connectivity index (χ3n) is 26.0. The van der Waals surface area contributed by atoms with Crippen molar-refractivity contribution in [1.82, 2.24) is 99.6 Å². The number of aliphatic hydroxyl groups excluding tert-OH is 3. The summed E-state index contributed by atoms with van der Waals surface area (Å²) < 4.78 is 52.6. The minimum Gasteiger partial charge on any atom is -0.391 e. The van der Waals surface area contributed by atoms with Crippen LogP contribution in [0.15, 0.2) is 122 Å². The van der Waals surface area contributed by atoms with Crippen molar-refractivity contribution in [2.45, 2.75) is 149 Å². The number of carbonyl (C=O) groups is 4. The molecule has 44 heteroatoms. The monoisotopic (exact) mass is 1840 g/mol. The van der Waals surface area contributed by atoms with Gasteiger partial charge in [0.05, 0.1) is 131 Å². The van der Waals surface area contributed by atoms with Crippen LogP contribution in [0.4, 0.5) is 85.8 Å². The Hall–Kier alpha value is -13.5. The van der Waals surface area contributed by atoms with Crippen LogP contribution < -0.4 is 73.6 Å². The zero-order valence-corrected chi connectivity index (χ0v) is 74.6. The predicted octanol–water partition coefficient (Wildman–Crippen LogP) is 6.63. The van der Waals surface area contributed by atoms with E-state index < -0.39 is 42.6 Å². The molecule has 20 heterocycles. The molecule has 4 amide bonds. The highest BCUT2D eigenvalue weighted by Gasteiger charge is 2.52. The average Bonchev–Trinajstić information content (AvgIpc) is 1.12. The summed E-state index contributed by atoms with van der Waals surface area (Å²) in [5, 5.41) is 83.5. The van der Waals surface area contributed by atoms with Gasteiger partial charge in [0, 0.05) is 122 Å². The molecule has 10 fully saturated rings. The number of nitrogens with one attached hydrogen (secondary N) is 12. The van der Waals surface area contributed by atoms with Gasteiger partial charge in [-0.2, -0.15) is 38.5 Å². The fourth-order valence-electron chi connectivity index (χ4n) is 17.9. The van der Waals surface area contributed by atoms with E-state index in [1.54, 1.807) is 64.5 Å². The second-order valence-corrected chi connectivity index (χ2v) is 34.9. The van der Waals surface area contributed by atoms with Crippen LogP contribution in [0.5, 0.6) is 0 Å². The second kappa shape index (κ2) is 39.4. The first-order valence-corrected chi connectivity index (χ1v) is 45.5. The maximum absolute atomic E-state index is 13.2. The Balaban J connectivity index is 0.000000115. The number of anilines is 14. The molecule has 43 nitrogen and oxygen atoms in total. The standard InChI is InChI=1S/C25H32N8O3.2C22H27N7O4.C21H23FN8O2/c1-26-22-14-20(31-23-16(15-27-33(22)23)24(35)28-17-6-7-18(17)34)29-19-4-2-5-21(30-19)32-11-9-25(10-12-32)8-3-13-36-25;2*1-23-20-8-19(27-18-6-2-5-15(25-18)13-4-3-7-32-10-13)28-21-14(9-24-29(20)21)22(31)26-16-11-33-12-17(16)30;1-23-18-8-16(28-19-12(9-24-30(18)19)20(31)25-14-7-13(14)22)26-15-3-2-4-17(27-15)29-6-5-21(29)10-32-11-21/h2,4-5,14-15,17-18,26,34H,3,6-13H2,1H3,(H,28,35)(H,29,30,31);2*2,5-6,8-9,13,16-17,23,30H,3-4,7,10-12H2,1H3,(H,26,31)(H,25,27,28);2-4,8-9,13-14,23H,5-7,10-11H2,1H3,(H,25,31)(H,26,27,28)/t17-,18+;13-,16+,17-;13-,16-,17+;13-,14+/m0001/s1. The van der Waals surface area contributed by atoms with Crippen molar-refractivity contribution in [2.24, 2.45) is 0 Å². The van der Waals surface area contributed by atoms with Crippen LogP contribution in [0, 0.1) is 0 Å². The summed E-state index contributed by atoms with van der Waals surface area (Å²) in [7, 11) is 7.10. The Morgan fingerprint density at radius 1 is 0.396 bits per heavy atom. The Kier molecular flexibility index (Phi) is 26.4. The molecule has 0 radical (unpaired) electrons. The zero-order chi connectivity index (χ0) is 92.1. The summed E-state index contributed by atoms with van der Waals surface area (Å²) in [5.41, 5.74) is 4.94. The van der Waals surface area contributed by atoms with E-state index in [2.05, 4.69) is 114 Å². The van der Waals surface area contributed by atoms with E-state index in [0.717, 1.165) is 140 Å². The number of halogens is 1. The largest absolute Gasteiger partial charge is 0.391 e. The summed E-state index contributed by atoms with van der Waals surface area (Å²) in [6.45, 7) is 9.09. The Morgan fingerprint density at radius 2 is 0.799 bits per heavy atom. The van der Waals surface area contributed by atoms with Crippen molar-refractivity contribution < 1.29 is 67.3 Å². The minimum atomic E-state index is -0.978. The molecule has 2 aliphatic carbocycles. The lowest BCUT2D eigenvalue weighted by Gasteiger charge is -2.58. The van der Waals surface area contributed by atoms with Gasteiger partial charge in [0.2, 0.25) is 0 Å². The van der Waals surface area contributed by atoms with Crippen LogP contribution in [-0.4, -0.2) is 298 Å². The highest BCUT2D eigenvalue weighted by atomic mass is 19.1. The number of hydrogen-bond acceptors (Lipinski definition) is 35. The molecular weight excluding hydrogens is 1730 g/mol. The number of rotatable bonds is 24. The number of aliphatic hydroxyl groups is 3. The van der Waals surface area contributed by atoms with Crippen LogP contribution in [0.3, 0.4) is 0 Å². The fourth-order valence-corrected chi connectivity index (χ4v) is 17.9. The lowest BCUT2D eigenvalue weighted by molar-refractivity contribution is -0.0851. The maximum atomic E-state index is 13.2. The van der Waals surface area contributed by atoms with Crippen LogP contribution in [-0.2, 0) is 28.4 Å². The van der Waals surface area contributed by atoms with Gasteiger partial charge in [0.15, 0.2) is 22.6 Å². The van der Waals surface area contributed by atoms with E-state index in [4.69, 9.17) is 48.4 Å². The molecule has 0 unspecified atom stereocenters. The Morgan fingerprint density at radius 3 is 1.13 bits per heavy atom. The third-order valence-corrected chi connectivity index (χ3v) is 26.0. The maximum Gasteiger partial charge on any atom is 0.257 e. The first kappa shape index (κ1) is 89.7. The molecule has 0 bridgehead atoms. The SMILES string of the molecule is CNc1cc(Nc2cccc(N3CCC34COC4)n2)nc2c(C(=O)N[C@H]3C[C@H]3F)cnn12.CNc1cc(Nc2cccc(N3CCC4(CCCO4)CC3)n2)nc2c(C(=O)N[C@H]3CC[C@H]3O)cnn12.CNc1cc(Nc2cccc([C@H]3CCCOC3)n2)nc2c(C(=O)N[C@@H]3COC[C@@H]3O)cnn12.CNc1cc(Nc2cccc([C@H]3CCCOC3)n2)nc2c(C(=O)N[C@H]3COC[C@H]3O)cnn12. The molecular formula is C90H109FN30O13. The van der Waals surface area contributed by atoms with Crippen LogP contribution >= 0.6 is 0 Å². The molecule has 134 heavy (non-hydrogen) atoms. The van der Waals surface area contributed by atoms with Crippen molar-refractivity contribution in [3.05, 3.63) is 155 Å². The first-order valence-electron chi connectivity index (χ1n) is 45.5. The van der Waals surface area contributed by atoms with E-state index in [1.807, 2.05) is 78.9 Å². The van der Waals surface area contributed by atoms with E-state index in [0.29, 0.717) is 141 Å². The number of pyridine rings is 4. The normalized spacial score (nSPS) is 22.9. The van der Waals surface area contributed by atoms with E-state index in [-0.39, 0.29) is 79.1 Å². The van der Waals surface area contributed by atoms with Gasteiger partial charge in [0.25, 0.3) is 23.6 Å². The van der Waals surface area contributed by atoms with Crippen molar-refractivity contribution in [1.29, 1.82) is 0 Å². The van der Waals surface area contributed by atoms with Gasteiger partial charge in [0.1, 0.15) is 110 Å². The lowest BCUT2D eigenvalue weighted by Crippen LogP contribution is -2.71. The molecule has 0 aromatic carbocycles. The first-order chi connectivity index (χ1) is 65.3. The van der Waals surface area contributed by atoms with Gasteiger partial charge in [-0.15, -0.1) is 0 Å². The summed E-state index contributed by atoms with van der Waals surface area (Å²) in [4.78, 5) is 93.4. The predicted molar refractivity (Wildman–Crippen MR) is 494 cm³/mol. The molecule has 2 spiro atoms. The van der Waals surface area contributed by atoms with Crippen molar-refractivity contribution in [2.75, 3.05) is 173 Å². The third kappa shape index (κ3) is 19.4. The van der Waals surface area contributed by atoms with Crippen molar-refractivity contribution >= 4 is 128 Å². The number of aromatic nitrogens is 16. The number of carbonyl (C=O) groups excluding carboxylic acids is 4. The highest BCUT2D eigenvalue weighted by Crippen LogP contribution is 2.42. The number of alkyl halides is 1. The van der Waals surface area contributed by atoms with Crippen LogP contribution in [0.2, 0.25) is 0 Å². The Bertz CT molecular complexity index is 6060. The highest BCUT2D eigenvalue weighted by molar-refractivity contribution is 6.03. The molecule has 22 rings (SSSR count). The number of hydrogen-bond donors (Lipinski definition) is 15. The molecule has 12 aromatic rings. The Labute approximate surface area is 768 Å². The minimum absolute atomic E-state index is 0.0706. The van der Waals surface area contributed by atoms with Crippen molar-refractivity contribution in [3.63, 3.8) is 0 Å². The summed E-state index contributed by atoms with van der Waals surface area (Å²) in [6.07, 6.45) is 14.4. The number of ether oxygens (including phenoxy) is 6. The van der Waals surface area contributed by atoms with Gasteiger partial charge >= 0.3 is 0 Å². The molecule has 15 N–H and O–H groups in total. The topological polar surface area (TPSA) is 508 Å². The summed E-state index contributed by atoms with van der Waals surface area (Å²) in [5.74, 6) is 8.35. The molecule has 2 saturated carbocycles. The fraction of sp³-hybridized carbons (Fsp3) is 0.467. The van der Waals surface area contributed by atoms with E-state index in [9.17, 15) is 38.9 Å². The molecule has 12 aromatic heterocycles. The van der Waals surface area contributed by atoms with Crippen LogP contribution in [0.1, 0.15) is 142 Å². The molecule has 8 saturated heterocycles. The number of amides is 4. The molecule has 10 atom stereocenters. The zero-order valence-electron chi connectivity index (χ0n) is 74.6. The molecule has 10 aliphatic rings. The molecule has 704 valence electrons. The van der Waals surface area contributed by atoms with Gasteiger partial charge in [-0.3, -0.25) is 19.2 Å². The van der Waals surface area contributed by atoms with Gasteiger partial charge < -0.3 is 117 Å². The quantitative estimate of drug-likeness (QED) is 0.0302. The second-order valence-electron chi connectivity index (χ2n) is 34.9. The van der Waals surface area contributed by atoms with Gasteiger partial charge in [-0.05, 0) is 119 Å². The number of nitrogens with zero attached hydrogens (tertiary/aromatic N) is 18. The van der Waals surface area contributed by atoms with Crippen LogP contribution in [0.25, 0.3) is 22.6 Å². The van der Waals surface area contributed by atoms with Crippen molar-refractivity contribution in [3.8, 4) is 0 Å². The van der Waals surface area contributed by atoms with Gasteiger partial charge in [-0.25, -0.2) is 44.3 Å². The number of piperidine rings is 1. The van der Waals surface area contributed by atoms with E-state index in [1.165, 1.54) is 24.8 Å². The number of fused-ring (bicyclic) bond motifs is 4. The smallest absolute Gasteiger partial charge is 0.257 e. The lowest BCUT2D eigenvalue weighted by atomic mass is 9.83.